The van der Waals surface area contributed by atoms with Crippen LogP contribution >= 0.6 is 0 Å². The highest BCUT2D eigenvalue weighted by Crippen LogP contribution is 2.33. The summed E-state index contributed by atoms with van der Waals surface area (Å²) in [6.45, 7) is 4.09. The molecule has 1 saturated carbocycles. The molecule has 8 heteroatoms. The quantitative estimate of drug-likeness (QED) is 0.215. The molecule has 2 atom stereocenters. The van der Waals surface area contributed by atoms with Crippen molar-refractivity contribution in [3.05, 3.63) is 119 Å². The number of hydrogen-bond acceptors (Lipinski definition) is 6. The van der Waals surface area contributed by atoms with Crippen LogP contribution in [0.15, 0.2) is 97.2 Å². The molecule has 44 heavy (non-hydrogen) atoms. The van der Waals surface area contributed by atoms with Crippen molar-refractivity contribution in [2.45, 2.75) is 63.7 Å². The van der Waals surface area contributed by atoms with Gasteiger partial charge >= 0.3 is 0 Å². The normalized spacial score (nSPS) is 17.6. The SMILES string of the molecule is C[C@@H](c1ccccc1)N(C(=O)c1ccccc1C(=O)NC1CCC(Nc2nccc(N(C)C)n2)CC1)[C@@H](C)c1ccccc1. The van der Waals surface area contributed by atoms with E-state index in [0.29, 0.717) is 17.1 Å². The summed E-state index contributed by atoms with van der Waals surface area (Å²) in [4.78, 5) is 40.9. The number of hydrogen-bond donors (Lipinski definition) is 2. The summed E-state index contributed by atoms with van der Waals surface area (Å²) in [6, 6.07) is 28.9. The molecule has 2 amide bonds. The molecule has 4 aromatic rings. The number of nitrogens with zero attached hydrogens (tertiary/aromatic N) is 4. The lowest BCUT2D eigenvalue weighted by atomic mass is 9.91. The average Bonchev–Trinajstić information content (AvgIpc) is 3.06. The van der Waals surface area contributed by atoms with E-state index in [0.717, 1.165) is 42.6 Å². The van der Waals surface area contributed by atoms with Crippen molar-refractivity contribution in [2.24, 2.45) is 0 Å². The van der Waals surface area contributed by atoms with E-state index in [9.17, 15) is 9.59 Å². The van der Waals surface area contributed by atoms with Crippen LogP contribution in [0.5, 0.6) is 0 Å². The molecule has 0 radical (unpaired) electrons. The molecule has 5 rings (SSSR count). The van der Waals surface area contributed by atoms with E-state index in [1.807, 2.05) is 117 Å². The van der Waals surface area contributed by atoms with Crippen LogP contribution in [0.25, 0.3) is 0 Å². The van der Waals surface area contributed by atoms with Crippen molar-refractivity contribution in [3.63, 3.8) is 0 Å². The first kappa shape index (κ1) is 30.7. The van der Waals surface area contributed by atoms with Gasteiger partial charge < -0.3 is 20.4 Å². The first-order chi connectivity index (χ1) is 21.3. The Morgan fingerprint density at radius 3 is 1.82 bits per heavy atom. The summed E-state index contributed by atoms with van der Waals surface area (Å²) in [7, 11) is 3.91. The topological polar surface area (TPSA) is 90.5 Å². The first-order valence-corrected chi connectivity index (χ1v) is 15.4. The van der Waals surface area contributed by atoms with E-state index < -0.39 is 0 Å². The highest BCUT2D eigenvalue weighted by Gasteiger charge is 2.31. The Hall–Kier alpha value is -4.72. The molecule has 1 aliphatic carbocycles. The van der Waals surface area contributed by atoms with E-state index in [-0.39, 0.29) is 36.0 Å². The predicted octanol–water partition coefficient (Wildman–Crippen LogP) is 6.66. The van der Waals surface area contributed by atoms with Crippen molar-refractivity contribution >= 4 is 23.6 Å². The van der Waals surface area contributed by atoms with Crippen molar-refractivity contribution in [1.29, 1.82) is 0 Å². The number of aromatic nitrogens is 2. The summed E-state index contributed by atoms with van der Waals surface area (Å²) >= 11 is 0. The van der Waals surface area contributed by atoms with Crippen LogP contribution in [-0.4, -0.2) is 52.9 Å². The maximum Gasteiger partial charge on any atom is 0.255 e. The third-order valence-electron chi connectivity index (χ3n) is 8.53. The number of rotatable bonds is 10. The smallest absolute Gasteiger partial charge is 0.255 e. The highest BCUT2D eigenvalue weighted by atomic mass is 16.2. The molecule has 0 unspecified atom stereocenters. The molecule has 228 valence electrons. The van der Waals surface area contributed by atoms with Gasteiger partial charge in [0.25, 0.3) is 11.8 Å². The van der Waals surface area contributed by atoms with Gasteiger partial charge in [-0.15, -0.1) is 0 Å². The number of nitrogens with one attached hydrogen (secondary N) is 2. The lowest BCUT2D eigenvalue weighted by Gasteiger charge is -2.36. The van der Waals surface area contributed by atoms with E-state index in [2.05, 4.69) is 20.6 Å². The molecular weight excluding hydrogens is 548 g/mol. The van der Waals surface area contributed by atoms with Crippen LogP contribution in [0.4, 0.5) is 11.8 Å². The van der Waals surface area contributed by atoms with Gasteiger partial charge in [0.05, 0.1) is 23.2 Å². The first-order valence-electron chi connectivity index (χ1n) is 15.4. The average molecular weight is 591 g/mol. The molecule has 1 fully saturated rings. The van der Waals surface area contributed by atoms with E-state index >= 15 is 0 Å². The molecule has 8 nitrogen and oxygen atoms in total. The predicted molar refractivity (Wildman–Crippen MR) is 176 cm³/mol. The lowest BCUT2D eigenvalue weighted by molar-refractivity contribution is 0.0599. The minimum absolute atomic E-state index is 0.0281. The fraction of sp³-hybridized carbons (Fsp3) is 0.333. The molecular formula is C36H42N6O2. The van der Waals surface area contributed by atoms with E-state index in [4.69, 9.17) is 0 Å². The summed E-state index contributed by atoms with van der Waals surface area (Å²) in [5.41, 5.74) is 2.88. The zero-order valence-corrected chi connectivity index (χ0v) is 26.0. The fourth-order valence-corrected chi connectivity index (χ4v) is 5.97. The molecule has 0 spiro atoms. The third-order valence-corrected chi connectivity index (χ3v) is 8.53. The Kier molecular flexibility index (Phi) is 9.89. The summed E-state index contributed by atoms with van der Waals surface area (Å²) < 4.78 is 0. The van der Waals surface area contributed by atoms with Crippen molar-refractivity contribution in [3.8, 4) is 0 Å². The number of amides is 2. The van der Waals surface area contributed by atoms with E-state index in [1.165, 1.54) is 0 Å². The van der Waals surface area contributed by atoms with Gasteiger partial charge in [0, 0.05) is 32.4 Å². The number of anilines is 2. The molecule has 1 heterocycles. The number of carbonyl (C=O) groups is 2. The number of benzene rings is 3. The Morgan fingerprint density at radius 1 is 0.727 bits per heavy atom. The zero-order valence-electron chi connectivity index (χ0n) is 26.0. The second-order valence-electron chi connectivity index (χ2n) is 11.7. The third kappa shape index (κ3) is 7.25. The van der Waals surface area contributed by atoms with Gasteiger partial charge in [-0.1, -0.05) is 72.8 Å². The Morgan fingerprint density at radius 2 is 1.25 bits per heavy atom. The molecule has 1 aliphatic rings. The van der Waals surface area contributed by atoms with Crippen molar-refractivity contribution < 1.29 is 9.59 Å². The molecule has 0 aliphatic heterocycles. The maximum absolute atomic E-state index is 14.4. The van der Waals surface area contributed by atoms with Crippen LogP contribution in [0.2, 0.25) is 0 Å². The van der Waals surface area contributed by atoms with Gasteiger partial charge in [0.15, 0.2) is 0 Å². The highest BCUT2D eigenvalue weighted by molar-refractivity contribution is 6.07. The molecule has 0 bridgehead atoms. The van der Waals surface area contributed by atoms with Crippen LogP contribution in [-0.2, 0) is 0 Å². The van der Waals surface area contributed by atoms with Crippen LogP contribution in [0, 0.1) is 0 Å². The maximum atomic E-state index is 14.4. The van der Waals surface area contributed by atoms with Gasteiger partial charge in [-0.25, -0.2) is 4.98 Å². The van der Waals surface area contributed by atoms with Crippen molar-refractivity contribution in [1.82, 2.24) is 20.2 Å². The van der Waals surface area contributed by atoms with E-state index in [1.54, 1.807) is 18.3 Å². The van der Waals surface area contributed by atoms with Gasteiger partial charge in [-0.3, -0.25) is 9.59 Å². The van der Waals surface area contributed by atoms with Crippen molar-refractivity contribution in [2.75, 3.05) is 24.3 Å². The number of carbonyl (C=O) groups excluding carboxylic acids is 2. The molecule has 0 saturated heterocycles. The van der Waals surface area contributed by atoms with Crippen LogP contribution < -0.4 is 15.5 Å². The summed E-state index contributed by atoms with van der Waals surface area (Å²) in [5.74, 6) is 1.09. The second kappa shape index (κ2) is 14.2. The van der Waals surface area contributed by atoms with Crippen LogP contribution in [0.3, 0.4) is 0 Å². The summed E-state index contributed by atoms with van der Waals surface area (Å²) in [6.07, 6.45) is 5.19. The van der Waals surface area contributed by atoms with Gasteiger partial charge in [0.1, 0.15) is 5.82 Å². The van der Waals surface area contributed by atoms with Gasteiger partial charge in [0.2, 0.25) is 5.95 Å². The van der Waals surface area contributed by atoms with Gasteiger partial charge in [-0.2, -0.15) is 4.98 Å². The lowest BCUT2D eigenvalue weighted by Crippen LogP contribution is -2.41. The summed E-state index contributed by atoms with van der Waals surface area (Å²) in [5, 5.41) is 6.68. The zero-order chi connectivity index (χ0) is 31.1. The standard InChI is InChI=1S/C36H42N6O2/c1-25(27-13-7-5-8-14-27)42(26(2)28-15-9-6-10-16-28)35(44)32-18-12-11-17-31(32)34(43)38-29-19-21-30(22-20-29)39-36-37-24-23-33(40-36)41(3)4/h5-18,23-26,29-30H,19-22H2,1-4H3,(H,38,43)(H,37,39,40)/t25-,26-,29?,30?/m0/s1. The largest absolute Gasteiger partial charge is 0.363 e. The molecule has 2 N–H and O–H groups in total. The molecule has 1 aromatic heterocycles. The Balaban J connectivity index is 1.30. The monoisotopic (exact) mass is 590 g/mol. The minimum atomic E-state index is -0.216. The van der Waals surface area contributed by atoms with Crippen LogP contribution in [0.1, 0.15) is 83.5 Å². The Bertz CT molecular complexity index is 1490. The van der Waals surface area contributed by atoms with Gasteiger partial charge in [-0.05, 0) is 68.9 Å². The molecule has 3 aromatic carbocycles. The second-order valence-corrected chi connectivity index (χ2v) is 11.7. The Labute approximate surface area is 260 Å². The fourth-order valence-electron chi connectivity index (χ4n) is 5.97. The minimum Gasteiger partial charge on any atom is -0.363 e.